The molecule has 1 N–H and O–H groups in total. The normalized spacial score (nSPS) is 24.6. The number of hydrogen-bond acceptors (Lipinski definition) is 1. The molecule has 0 heterocycles. The van der Waals surface area contributed by atoms with Crippen molar-refractivity contribution in [1.82, 2.24) is 5.32 Å². The van der Waals surface area contributed by atoms with Gasteiger partial charge in [0, 0.05) is 11.6 Å². The van der Waals surface area contributed by atoms with Gasteiger partial charge in [0.05, 0.1) is 0 Å². The second kappa shape index (κ2) is 7.21. The molecule has 0 spiro atoms. The van der Waals surface area contributed by atoms with Crippen molar-refractivity contribution in [3.8, 4) is 0 Å². The Morgan fingerprint density at radius 2 is 2.00 bits per heavy atom. The van der Waals surface area contributed by atoms with Gasteiger partial charge in [-0.2, -0.15) is 0 Å². The van der Waals surface area contributed by atoms with E-state index in [0.29, 0.717) is 5.92 Å². The second-order valence-electron chi connectivity index (χ2n) is 6.18. The summed E-state index contributed by atoms with van der Waals surface area (Å²) in [6.07, 6.45) is 6.36. The fourth-order valence-electron chi connectivity index (χ4n) is 3.78. The summed E-state index contributed by atoms with van der Waals surface area (Å²) in [7, 11) is 0. The first-order valence-electron chi connectivity index (χ1n) is 8.16. The Kier molecular flexibility index (Phi) is 5.59. The van der Waals surface area contributed by atoms with E-state index in [9.17, 15) is 4.39 Å². The molecular weight excluding hydrogens is 249 g/mol. The summed E-state index contributed by atoms with van der Waals surface area (Å²) in [5, 5.41) is 3.55. The second-order valence-corrected chi connectivity index (χ2v) is 6.18. The van der Waals surface area contributed by atoms with E-state index in [2.05, 4.69) is 19.2 Å². The third-order valence-corrected chi connectivity index (χ3v) is 4.84. The Morgan fingerprint density at radius 1 is 1.25 bits per heavy atom. The summed E-state index contributed by atoms with van der Waals surface area (Å²) >= 11 is 0. The molecule has 112 valence electrons. The lowest BCUT2D eigenvalue weighted by atomic mass is 9.72. The van der Waals surface area contributed by atoms with Gasteiger partial charge in [0.15, 0.2) is 0 Å². The molecular formula is C18H28FN. The quantitative estimate of drug-likeness (QED) is 0.798. The third kappa shape index (κ3) is 3.41. The average Bonchev–Trinajstić information content (AvgIpc) is 2.45. The number of aryl methyl sites for hydroxylation is 1. The van der Waals surface area contributed by atoms with Crippen LogP contribution in [-0.2, 0) is 0 Å². The van der Waals surface area contributed by atoms with E-state index >= 15 is 0 Å². The maximum atomic E-state index is 14.4. The van der Waals surface area contributed by atoms with E-state index in [0.717, 1.165) is 23.6 Å². The number of hydrogen-bond donors (Lipinski definition) is 1. The van der Waals surface area contributed by atoms with E-state index in [1.54, 1.807) is 6.07 Å². The average molecular weight is 277 g/mol. The summed E-state index contributed by atoms with van der Waals surface area (Å²) in [5.41, 5.74) is 1.86. The van der Waals surface area contributed by atoms with Gasteiger partial charge < -0.3 is 5.32 Å². The van der Waals surface area contributed by atoms with Crippen LogP contribution in [0.25, 0.3) is 0 Å². The molecule has 3 unspecified atom stereocenters. The highest BCUT2D eigenvalue weighted by Gasteiger charge is 2.32. The maximum absolute atomic E-state index is 14.4. The molecule has 1 fully saturated rings. The lowest BCUT2D eigenvalue weighted by molar-refractivity contribution is 0.174. The van der Waals surface area contributed by atoms with Gasteiger partial charge in [-0.1, -0.05) is 51.7 Å². The predicted molar refractivity (Wildman–Crippen MR) is 83.3 cm³/mol. The Bertz CT molecular complexity index is 429. The topological polar surface area (TPSA) is 12.0 Å². The van der Waals surface area contributed by atoms with Gasteiger partial charge in [0.2, 0.25) is 0 Å². The minimum Gasteiger partial charge on any atom is -0.310 e. The van der Waals surface area contributed by atoms with Crippen LogP contribution in [0.2, 0.25) is 0 Å². The summed E-state index contributed by atoms with van der Waals surface area (Å²) in [6, 6.07) is 5.86. The number of benzene rings is 1. The Labute approximate surface area is 123 Å². The van der Waals surface area contributed by atoms with E-state index in [-0.39, 0.29) is 11.9 Å². The lowest BCUT2D eigenvalue weighted by Gasteiger charge is -2.37. The van der Waals surface area contributed by atoms with E-state index in [1.807, 2.05) is 19.1 Å². The summed E-state index contributed by atoms with van der Waals surface area (Å²) < 4.78 is 14.4. The molecule has 0 aliphatic heterocycles. The molecule has 1 aromatic carbocycles. The molecule has 0 bridgehead atoms. The van der Waals surface area contributed by atoms with Gasteiger partial charge >= 0.3 is 0 Å². The fraction of sp³-hybridized carbons (Fsp3) is 0.667. The Balaban J connectivity index is 2.29. The Hall–Kier alpha value is -0.890. The van der Waals surface area contributed by atoms with Gasteiger partial charge in [-0.25, -0.2) is 4.39 Å². The first-order chi connectivity index (χ1) is 9.67. The molecule has 3 atom stereocenters. The summed E-state index contributed by atoms with van der Waals surface area (Å²) in [4.78, 5) is 0. The van der Waals surface area contributed by atoms with Gasteiger partial charge in [-0.05, 0) is 43.4 Å². The van der Waals surface area contributed by atoms with Crippen molar-refractivity contribution < 1.29 is 4.39 Å². The van der Waals surface area contributed by atoms with Gasteiger partial charge in [-0.3, -0.25) is 0 Å². The molecule has 2 rings (SSSR count). The largest absolute Gasteiger partial charge is 0.310 e. The van der Waals surface area contributed by atoms with Crippen molar-refractivity contribution in [2.45, 2.75) is 58.9 Å². The minimum atomic E-state index is -0.0450. The molecule has 1 saturated carbocycles. The monoisotopic (exact) mass is 277 g/mol. The zero-order valence-electron chi connectivity index (χ0n) is 13.1. The molecule has 0 saturated heterocycles. The van der Waals surface area contributed by atoms with Crippen molar-refractivity contribution in [3.63, 3.8) is 0 Å². The zero-order valence-corrected chi connectivity index (χ0v) is 13.1. The van der Waals surface area contributed by atoms with E-state index < -0.39 is 0 Å². The van der Waals surface area contributed by atoms with Crippen LogP contribution in [-0.4, -0.2) is 6.54 Å². The van der Waals surface area contributed by atoms with Crippen LogP contribution in [0.1, 0.15) is 63.1 Å². The smallest absolute Gasteiger partial charge is 0.128 e. The van der Waals surface area contributed by atoms with Crippen LogP contribution in [0.4, 0.5) is 4.39 Å². The van der Waals surface area contributed by atoms with Crippen molar-refractivity contribution in [2.75, 3.05) is 6.54 Å². The van der Waals surface area contributed by atoms with Crippen LogP contribution < -0.4 is 5.32 Å². The van der Waals surface area contributed by atoms with E-state index in [1.165, 1.54) is 32.1 Å². The van der Waals surface area contributed by atoms with Gasteiger partial charge in [-0.15, -0.1) is 0 Å². The SMILES string of the molecule is CCNC(c1ccc(C)cc1F)C1CCCCC1CC. The van der Waals surface area contributed by atoms with Crippen molar-refractivity contribution in [1.29, 1.82) is 0 Å². The number of rotatable bonds is 5. The molecule has 1 aromatic rings. The molecule has 2 heteroatoms. The zero-order chi connectivity index (χ0) is 14.5. The first-order valence-corrected chi connectivity index (χ1v) is 8.16. The molecule has 20 heavy (non-hydrogen) atoms. The fourth-order valence-corrected chi connectivity index (χ4v) is 3.78. The van der Waals surface area contributed by atoms with Crippen molar-refractivity contribution in [2.24, 2.45) is 11.8 Å². The van der Waals surface area contributed by atoms with Gasteiger partial charge in [0.1, 0.15) is 5.82 Å². The van der Waals surface area contributed by atoms with Crippen LogP contribution in [0.3, 0.4) is 0 Å². The standard InChI is InChI=1S/C18H28FN/c1-4-14-8-6-7-9-15(14)18(20-5-2)16-11-10-13(3)12-17(16)19/h10-12,14-15,18,20H,4-9H2,1-3H3. The molecule has 1 aliphatic rings. The first kappa shape index (κ1) is 15.5. The molecule has 1 nitrogen and oxygen atoms in total. The molecule has 0 amide bonds. The van der Waals surface area contributed by atoms with Crippen LogP contribution in [0, 0.1) is 24.6 Å². The highest BCUT2D eigenvalue weighted by atomic mass is 19.1. The third-order valence-electron chi connectivity index (χ3n) is 4.84. The predicted octanol–water partition coefficient (Wildman–Crippen LogP) is 5.00. The van der Waals surface area contributed by atoms with Gasteiger partial charge in [0.25, 0.3) is 0 Å². The summed E-state index contributed by atoms with van der Waals surface area (Å²) in [6.45, 7) is 7.23. The van der Waals surface area contributed by atoms with Crippen LogP contribution in [0.15, 0.2) is 18.2 Å². The Morgan fingerprint density at radius 3 is 2.65 bits per heavy atom. The summed E-state index contributed by atoms with van der Waals surface area (Å²) in [5.74, 6) is 1.26. The van der Waals surface area contributed by atoms with Crippen LogP contribution in [0.5, 0.6) is 0 Å². The maximum Gasteiger partial charge on any atom is 0.128 e. The van der Waals surface area contributed by atoms with E-state index in [4.69, 9.17) is 0 Å². The molecule has 0 radical (unpaired) electrons. The minimum absolute atomic E-state index is 0.0450. The number of halogens is 1. The highest BCUT2D eigenvalue weighted by molar-refractivity contribution is 5.27. The highest BCUT2D eigenvalue weighted by Crippen LogP contribution is 2.40. The molecule has 0 aromatic heterocycles. The number of nitrogens with one attached hydrogen (secondary N) is 1. The van der Waals surface area contributed by atoms with Crippen molar-refractivity contribution >= 4 is 0 Å². The lowest BCUT2D eigenvalue weighted by Crippen LogP contribution is -2.35. The van der Waals surface area contributed by atoms with Crippen molar-refractivity contribution in [3.05, 3.63) is 35.1 Å². The molecule has 1 aliphatic carbocycles. The van der Waals surface area contributed by atoms with Crippen LogP contribution >= 0.6 is 0 Å².